The number of fused-ring (bicyclic) bond motifs is 6. The molecular formula is C30H32Cl2N2O5. The summed E-state index contributed by atoms with van der Waals surface area (Å²) in [6, 6.07) is 3.20. The quantitative estimate of drug-likeness (QED) is 0.523. The number of aliphatic hydroxyl groups is 2. The number of hydrogen-bond acceptors (Lipinski definition) is 7. The summed E-state index contributed by atoms with van der Waals surface area (Å²) in [5.74, 6) is -0.536. The molecule has 1 aromatic heterocycles. The number of benzene rings is 1. The van der Waals surface area contributed by atoms with E-state index in [-0.39, 0.29) is 48.4 Å². The third-order valence-corrected chi connectivity index (χ3v) is 11.0. The van der Waals surface area contributed by atoms with Gasteiger partial charge in [-0.1, -0.05) is 55.6 Å². The van der Waals surface area contributed by atoms with Crippen LogP contribution >= 0.6 is 23.2 Å². The van der Waals surface area contributed by atoms with Crippen molar-refractivity contribution in [2.45, 2.75) is 58.2 Å². The zero-order chi connectivity index (χ0) is 27.9. The zero-order valence-electron chi connectivity index (χ0n) is 22.2. The Morgan fingerprint density at radius 3 is 2.77 bits per heavy atom. The summed E-state index contributed by atoms with van der Waals surface area (Å²) in [5.41, 5.74) is -1.40. The third kappa shape index (κ3) is 3.77. The first-order valence-corrected chi connectivity index (χ1v) is 14.3. The lowest BCUT2D eigenvalue weighted by Crippen LogP contribution is -2.63. The summed E-state index contributed by atoms with van der Waals surface area (Å²) in [5, 5.41) is 25.1. The lowest BCUT2D eigenvalue weighted by molar-refractivity contribution is -0.183. The van der Waals surface area contributed by atoms with Gasteiger partial charge in [0.2, 0.25) is 11.7 Å². The van der Waals surface area contributed by atoms with Crippen molar-refractivity contribution in [1.29, 1.82) is 0 Å². The Morgan fingerprint density at radius 1 is 1.23 bits per heavy atom. The van der Waals surface area contributed by atoms with Crippen LogP contribution in [0.1, 0.15) is 46.5 Å². The number of ketones is 2. The highest BCUT2D eigenvalue weighted by molar-refractivity contribution is 6.38. The van der Waals surface area contributed by atoms with E-state index in [1.807, 2.05) is 19.9 Å². The topological polar surface area (TPSA) is 110 Å². The molecule has 1 heterocycles. The minimum atomic E-state index is -1.68. The van der Waals surface area contributed by atoms with Gasteiger partial charge in [0.1, 0.15) is 11.9 Å². The summed E-state index contributed by atoms with van der Waals surface area (Å²) in [6.07, 6.45) is 8.41. The number of aromatic nitrogens is 2. The molecule has 0 aliphatic heterocycles. The molecule has 0 spiro atoms. The minimum absolute atomic E-state index is 0.00784. The first-order valence-electron chi connectivity index (χ1n) is 13.5. The monoisotopic (exact) mass is 570 g/mol. The Hall–Kier alpha value is -2.32. The highest BCUT2D eigenvalue weighted by atomic mass is 35.5. The van der Waals surface area contributed by atoms with Gasteiger partial charge in [-0.25, -0.2) is 9.97 Å². The highest BCUT2D eigenvalue weighted by Crippen LogP contribution is 2.68. The Bertz CT molecular complexity index is 1460. The smallest absolute Gasteiger partial charge is 0.224 e. The van der Waals surface area contributed by atoms with Crippen LogP contribution in [0.3, 0.4) is 0 Å². The number of Topliss-reactive ketones (excluding diaryl/α,β-unsaturated/α-hetero) is 1. The average Bonchev–Trinajstić information content (AvgIpc) is 3.08. The molecule has 2 aromatic rings. The number of nitrogens with zero attached hydrogens (tertiary/aromatic N) is 2. The molecule has 0 saturated heterocycles. The van der Waals surface area contributed by atoms with E-state index >= 15 is 0 Å². The summed E-state index contributed by atoms with van der Waals surface area (Å²) >= 11 is 12.5. The van der Waals surface area contributed by atoms with Gasteiger partial charge < -0.3 is 14.9 Å². The second-order valence-corrected chi connectivity index (χ2v) is 13.1. The SMILES string of the molecule is C[C@@H]1CC2C3CCC4=CC(=O)C=CC4(C)C3[C@@H](O)CC2(C)[C@@]1(O)C(=O)COc1ncnc2c(Cl)cc(Cl)cc12. The summed E-state index contributed by atoms with van der Waals surface area (Å²) in [7, 11) is 0. The van der Waals surface area contributed by atoms with Gasteiger partial charge in [-0.2, -0.15) is 0 Å². The molecule has 0 radical (unpaired) electrons. The van der Waals surface area contributed by atoms with Gasteiger partial charge in [0.05, 0.1) is 22.0 Å². The summed E-state index contributed by atoms with van der Waals surface area (Å²) in [6.45, 7) is 5.58. The molecule has 3 fully saturated rings. The highest BCUT2D eigenvalue weighted by Gasteiger charge is 2.70. The molecule has 39 heavy (non-hydrogen) atoms. The number of carbonyl (C=O) groups is 2. The lowest BCUT2D eigenvalue weighted by Gasteiger charge is -2.59. The van der Waals surface area contributed by atoms with Crippen molar-refractivity contribution in [1.82, 2.24) is 9.97 Å². The second kappa shape index (κ2) is 9.10. The van der Waals surface area contributed by atoms with Crippen LogP contribution in [-0.2, 0) is 9.59 Å². The van der Waals surface area contributed by atoms with Crippen molar-refractivity contribution >= 4 is 45.7 Å². The fourth-order valence-electron chi connectivity index (χ4n) is 8.68. The van der Waals surface area contributed by atoms with Crippen molar-refractivity contribution in [3.05, 3.63) is 52.3 Å². The maximum Gasteiger partial charge on any atom is 0.224 e. The van der Waals surface area contributed by atoms with Gasteiger partial charge in [0.15, 0.2) is 12.4 Å². The van der Waals surface area contributed by atoms with Crippen LogP contribution in [0.25, 0.3) is 10.9 Å². The second-order valence-electron chi connectivity index (χ2n) is 12.3. The molecular weight excluding hydrogens is 539 g/mol. The molecule has 0 amide bonds. The molecule has 7 nitrogen and oxygen atoms in total. The third-order valence-electron chi connectivity index (χ3n) is 10.5. The van der Waals surface area contributed by atoms with E-state index in [2.05, 4.69) is 16.9 Å². The standard InChI is InChI=1S/C30H32Cl2N2O5/c1-15-8-21-19-5-4-16-9-18(35)6-7-28(16,2)25(19)23(36)12-29(21,3)30(15,38)24(37)13-39-27-20-10-17(31)11-22(32)26(20)33-14-34-27/h6-7,9-11,14-15,19,21,23,25,36,38H,4-5,8,12-13H2,1-3H3/t15-,19?,21?,23+,25?,28?,29?,30+/m1/s1. The Balaban J connectivity index is 1.29. The fourth-order valence-corrected chi connectivity index (χ4v) is 9.22. The molecule has 2 N–H and O–H groups in total. The predicted octanol–water partition coefficient (Wildman–Crippen LogP) is 5.14. The van der Waals surface area contributed by atoms with E-state index in [0.29, 0.717) is 27.4 Å². The largest absolute Gasteiger partial charge is 0.469 e. The van der Waals surface area contributed by atoms with Crippen LogP contribution < -0.4 is 4.74 Å². The molecule has 4 aliphatic carbocycles. The molecule has 9 heteroatoms. The predicted molar refractivity (Wildman–Crippen MR) is 148 cm³/mol. The molecule has 6 rings (SSSR count). The van der Waals surface area contributed by atoms with E-state index < -0.39 is 28.3 Å². The maximum atomic E-state index is 13.9. The maximum absolute atomic E-state index is 13.9. The number of carbonyl (C=O) groups excluding carboxylic acids is 2. The number of rotatable bonds is 4. The van der Waals surface area contributed by atoms with Crippen molar-refractivity contribution in [3.8, 4) is 5.88 Å². The van der Waals surface area contributed by atoms with Crippen LogP contribution in [0.5, 0.6) is 5.88 Å². The molecule has 206 valence electrons. The van der Waals surface area contributed by atoms with Crippen LogP contribution in [0, 0.1) is 34.5 Å². The van der Waals surface area contributed by atoms with E-state index in [4.69, 9.17) is 27.9 Å². The lowest BCUT2D eigenvalue weighted by atomic mass is 9.46. The number of aliphatic hydroxyl groups excluding tert-OH is 1. The van der Waals surface area contributed by atoms with Gasteiger partial charge in [-0.15, -0.1) is 0 Å². The fraction of sp³-hybridized carbons (Fsp3) is 0.533. The van der Waals surface area contributed by atoms with E-state index in [0.717, 1.165) is 18.4 Å². The van der Waals surface area contributed by atoms with Crippen molar-refractivity contribution in [2.24, 2.45) is 34.5 Å². The van der Waals surface area contributed by atoms with Crippen molar-refractivity contribution in [3.63, 3.8) is 0 Å². The normalized spacial score (nSPS) is 39.1. The van der Waals surface area contributed by atoms with Gasteiger partial charge in [0, 0.05) is 21.8 Å². The average molecular weight is 572 g/mol. The van der Waals surface area contributed by atoms with Crippen LogP contribution in [0.15, 0.2) is 42.3 Å². The number of allylic oxidation sites excluding steroid dienone is 4. The van der Waals surface area contributed by atoms with Crippen LogP contribution in [0.4, 0.5) is 0 Å². The first-order chi connectivity index (χ1) is 18.4. The number of ether oxygens (including phenoxy) is 1. The first kappa shape index (κ1) is 26.9. The molecule has 4 aliphatic rings. The molecule has 8 atom stereocenters. The van der Waals surface area contributed by atoms with Crippen LogP contribution in [-0.4, -0.2) is 50.1 Å². The molecule has 1 aromatic carbocycles. The Morgan fingerprint density at radius 2 is 2.00 bits per heavy atom. The Kier molecular flexibility index (Phi) is 6.27. The van der Waals surface area contributed by atoms with Crippen LogP contribution in [0.2, 0.25) is 10.0 Å². The molecule has 5 unspecified atom stereocenters. The van der Waals surface area contributed by atoms with E-state index in [9.17, 15) is 19.8 Å². The molecule has 0 bridgehead atoms. The summed E-state index contributed by atoms with van der Waals surface area (Å²) < 4.78 is 5.88. The van der Waals surface area contributed by atoms with Crippen molar-refractivity contribution < 1.29 is 24.5 Å². The number of halogens is 2. The number of hydrogen-bond donors (Lipinski definition) is 2. The molecule has 3 saturated carbocycles. The zero-order valence-corrected chi connectivity index (χ0v) is 23.7. The Labute approximate surface area is 237 Å². The minimum Gasteiger partial charge on any atom is -0.469 e. The van der Waals surface area contributed by atoms with Crippen molar-refractivity contribution in [2.75, 3.05) is 6.61 Å². The summed E-state index contributed by atoms with van der Waals surface area (Å²) in [4.78, 5) is 34.3. The van der Waals surface area contributed by atoms with E-state index in [1.165, 1.54) is 6.33 Å². The van der Waals surface area contributed by atoms with Gasteiger partial charge in [-0.3, -0.25) is 9.59 Å². The van der Waals surface area contributed by atoms with Gasteiger partial charge in [0.25, 0.3) is 0 Å². The van der Waals surface area contributed by atoms with E-state index in [1.54, 1.807) is 24.3 Å². The van der Waals surface area contributed by atoms with Gasteiger partial charge in [-0.05, 0) is 67.7 Å². The van der Waals surface area contributed by atoms with Gasteiger partial charge >= 0.3 is 0 Å².